The lowest BCUT2D eigenvalue weighted by Crippen LogP contribution is -2.24. The number of pyridine rings is 1. The molecule has 0 saturated heterocycles. The average molecular weight is 491 g/mol. The smallest absolute Gasteiger partial charge is 0.269 e. The Labute approximate surface area is 188 Å². The molecule has 0 fully saturated rings. The van der Waals surface area contributed by atoms with E-state index in [0.29, 0.717) is 23.9 Å². The maximum absolute atomic E-state index is 13.9. The minimum atomic E-state index is -0.694. The van der Waals surface area contributed by atoms with Crippen molar-refractivity contribution < 1.29 is 13.5 Å². The number of benzene rings is 2. The van der Waals surface area contributed by atoms with E-state index in [2.05, 4.69) is 29.8 Å². The van der Waals surface area contributed by atoms with Gasteiger partial charge in [0.15, 0.2) is 0 Å². The molecule has 2 aromatic carbocycles. The van der Waals surface area contributed by atoms with E-state index in [1.165, 1.54) is 12.1 Å². The third-order valence-corrected chi connectivity index (χ3v) is 5.94. The summed E-state index contributed by atoms with van der Waals surface area (Å²) in [7, 11) is 0. The Hall–Kier alpha value is -2.51. The van der Waals surface area contributed by atoms with Gasteiger partial charge in [-0.05, 0) is 52.0 Å². The molecule has 0 saturated carbocycles. The Morgan fingerprint density at radius 3 is 2.55 bits per heavy atom. The minimum absolute atomic E-state index is 0.0767. The fourth-order valence-electron chi connectivity index (χ4n) is 3.28. The van der Waals surface area contributed by atoms with E-state index in [1.54, 1.807) is 10.6 Å². The number of halogens is 3. The van der Waals surface area contributed by atoms with Gasteiger partial charge < -0.3 is 15.0 Å². The van der Waals surface area contributed by atoms with Crippen molar-refractivity contribution in [2.75, 3.05) is 0 Å². The summed E-state index contributed by atoms with van der Waals surface area (Å²) in [6.45, 7) is 6.21. The SMILES string of the molecule is Cc1cc(OCc2ccc(F)cc2F)c(Br)c(=O)n1Cc1cccc(C(N)C(C)C)c1. The van der Waals surface area contributed by atoms with E-state index in [-0.39, 0.29) is 28.2 Å². The van der Waals surface area contributed by atoms with Crippen molar-refractivity contribution in [2.24, 2.45) is 11.7 Å². The van der Waals surface area contributed by atoms with Crippen molar-refractivity contribution in [1.29, 1.82) is 0 Å². The molecule has 1 unspecified atom stereocenters. The largest absolute Gasteiger partial charge is 0.487 e. The Kier molecular flexibility index (Phi) is 7.28. The maximum Gasteiger partial charge on any atom is 0.269 e. The molecule has 0 bridgehead atoms. The van der Waals surface area contributed by atoms with Crippen LogP contribution < -0.4 is 16.0 Å². The molecule has 3 rings (SSSR count). The number of hydrogen-bond donors (Lipinski definition) is 1. The first-order valence-corrected chi connectivity index (χ1v) is 10.8. The molecule has 4 nitrogen and oxygen atoms in total. The number of ether oxygens (including phenoxy) is 1. The topological polar surface area (TPSA) is 57.2 Å². The number of hydrogen-bond acceptors (Lipinski definition) is 3. The predicted octanol–water partition coefficient (Wildman–Crippen LogP) is 5.48. The predicted molar refractivity (Wildman–Crippen MR) is 121 cm³/mol. The summed E-state index contributed by atoms with van der Waals surface area (Å²) >= 11 is 3.31. The zero-order valence-corrected chi connectivity index (χ0v) is 19.2. The summed E-state index contributed by atoms with van der Waals surface area (Å²) in [6.07, 6.45) is 0. The summed E-state index contributed by atoms with van der Waals surface area (Å²) < 4.78 is 34.5. The van der Waals surface area contributed by atoms with Gasteiger partial charge in [-0.3, -0.25) is 4.79 Å². The Balaban J connectivity index is 1.83. The molecule has 164 valence electrons. The monoisotopic (exact) mass is 490 g/mol. The molecule has 1 aromatic heterocycles. The van der Waals surface area contributed by atoms with Gasteiger partial charge in [0.25, 0.3) is 5.56 Å². The molecular weight excluding hydrogens is 466 g/mol. The fraction of sp³-hybridized carbons (Fsp3) is 0.292. The van der Waals surface area contributed by atoms with E-state index in [0.717, 1.165) is 17.2 Å². The zero-order chi connectivity index (χ0) is 22.7. The standard InChI is InChI=1S/C24H25BrF2N2O2/c1-14(2)23(28)17-6-4-5-16(10-17)12-29-15(3)9-21(22(25)24(29)30)31-13-18-7-8-19(26)11-20(18)27/h4-11,14,23H,12-13,28H2,1-3H3. The maximum atomic E-state index is 13.9. The molecule has 1 heterocycles. The zero-order valence-electron chi connectivity index (χ0n) is 17.7. The number of aryl methyl sites for hydroxylation is 1. The van der Waals surface area contributed by atoms with Crippen LogP contribution in [0.3, 0.4) is 0 Å². The van der Waals surface area contributed by atoms with Crippen molar-refractivity contribution >= 4 is 15.9 Å². The highest BCUT2D eigenvalue weighted by molar-refractivity contribution is 9.10. The minimum Gasteiger partial charge on any atom is -0.487 e. The second kappa shape index (κ2) is 9.75. The number of nitrogens with two attached hydrogens (primary N) is 1. The lowest BCUT2D eigenvalue weighted by Gasteiger charge is -2.18. The summed E-state index contributed by atoms with van der Waals surface area (Å²) in [5.74, 6) is -0.741. The van der Waals surface area contributed by atoms with Gasteiger partial charge in [-0.25, -0.2) is 8.78 Å². The number of aromatic nitrogens is 1. The Morgan fingerprint density at radius 1 is 1.13 bits per heavy atom. The van der Waals surface area contributed by atoms with Crippen LogP contribution in [-0.2, 0) is 13.2 Å². The molecule has 0 spiro atoms. The van der Waals surface area contributed by atoms with Gasteiger partial charge in [0.2, 0.25) is 0 Å². The van der Waals surface area contributed by atoms with E-state index >= 15 is 0 Å². The highest BCUT2D eigenvalue weighted by Gasteiger charge is 2.15. The van der Waals surface area contributed by atoms with Crippen molar-refractivity contribution in [3.8, 4) is 5.75 Å². The summed E-state index contributed by atoms with van der Waals surface area (Å²) in [5, 5.41) is 0. The van der Waals surface area contributed by atoms with Gasteiger partial charge >= 0.3 is 0 Å². The Morgan fingerprint density at radius 2 is 1.87 bits per heavy atom. The Bertz CT molecular complexity index is 1140. The highest BCUT2D eigenvalue weighted by atomic mass is 79.9. The molecule has 0 radical (unpaired) electrons. The average Bonchev–Trinajstić information content (AvgIpc) is 2.73. The van der Waals surface area contributed by atoms with Crippen molar-refractivity contribution in [3.05, 3.63) is 97.4 Å². The first kappa shape index (κ1) is 23.2. The molecule has 0 aliphatic rings. The van der Waals surface area contributed by atoms with Crippen LogP contribution in [0, 0.1) is 24.5 Å². The quantitative estimate of drug-likeness (QED) is 0.476. The van der Waals surface area contributed by atoms with E-state index in [9.17, 15) is 13.6 Å². The molecule has 7 heteroatoms. The van der Waals surface area contributed by atoms with Crippen LogP contribution in [0.25, 0.3) is 0 Å². The molecule has 0 amide bonds. The molecule has 0 aliphatic heterocycles. The van der Waals surface area contributed by atoms with Gasteiger partial charge in [-0.15, -0.1) is 0 Å². The second-order valence-corrected chi connectivity index (χ2v) is 8.69. The molecule has 0 aliphatic carbocycles. The van der Waals surface area contributed by atoms with E-state index in [1.807, 2.05) is 31.2 Å². The second-order valence-electron chi connectivity index (χ2n) is 7.89. The molecule has 1 atom stereocenters. The fourth-order valence-corrected chi connectivity index (χ4v) is 3.72. The van der Waals surface area contributed by atoms with Crippen LogP contribution in [0.5, 0.6) is 5.75 Å². The van der Waals surface area contributed by atoms with Crippen LogP contribution in [0.1, 0.15) is 42.3 Å². The third-order valence-electron chi connectivity index (χ3n) is 5.21. The number of nitrogens with zero attached hydrogens (tertiary/aromatic N) is 1. The lowest BCUT2D eigenvalue weighted by molar-refractivity contribution is 0.296. The third kappa shape index (κ3) is 5.40. The molecular formula is C24H25BrF2N2O2. The summed E-state index contributed by atoms with van der Waals surface area (Å²) in [4.78, 5) is 13.0. The van der Waals surface area contributed by atoms with Gasteiger partial charge in [0.1, 0.15) is 28.5 Å². The van der Waals surface area contributed by atoms with Gasteiger partial charge in [-0.1, -0.05) is 38.1 Å². The first-order valence-electron chi connectivity index (χ1n) is 9.98. The van der Waals surface area contributed by atoms with Gasteiger partial charge in [0, 0.05) is 29.4 Å². The van der Waals surface area contributed by atoms with Crippen LogP contribution in [0.2, 0.25) is 0 Å². The number of rotatable bonds is 7. The van der Waals surface area contributed by atoms with Gasteiger partial charge in [0.05, 0.1) is 6.54 Å². The molecule has 31 heavy (non-hydrogen) atoms. The summed E-state index contributed by atoms with van der Waals surface area (Å²) in [6, 6.07) is 12.8. The van der Waals surface area contributed by atoms with Crippen LogP contribution in [0.15, 0.2) is 57.8 Å². The van der Waals surface area contributed by atoms with Crippen molar-refractivity contribution in [3.63, 3.8) is 0 Å². The first-order chi connectivity index (χ1) is 14.7. The van der Waals surface area contributed by atoms with Gasteiger partial charge in [-0.2, -0.15) is 0 Å². The van der Waals surface area contributed by atoms with Crippen molar-refractivity contribution in [1.82, 2.24) is 4.57 Å². The van der Waals surface area contributed by atoms with Crippen LogP contribution in [-0.4, -0.2) is 4.57 Å². The van der Waals surface area contributed by atoms with Crippen molar-refractivity contribution in [2.45, 2.75) is 40.0 Å². The normalized spacial score (nSPS) is 12.3. The van der Waals surface area contributed by atoms with E-state index < -0.39 is 11.6 Å². The van der Waals surface area contributed by atoms with Crippen LogP contribution in [0.4, 0.5) is 8.78 Å². The molecule has 2 N–H and O–H groups in total. The van der Waals surface area contributed by atoms with E-state index in [4.69, 9.17) is 10.5 Å². The summed E-state index contributed by atoms with van der Waals surface area (Å²) in [5.41, 5.74) is 8.90. The molecule has 3 aromatic rings. The van der Waals surface area contributed by atoms with Crippen LogP contribution >= 0.6 is 15.9 Å². The highest BCUT2D eigenvalue weighted by Crippen LogP contribution is 2.25. The lowest BCUT2D eigenvalue weighted by atomic mass is 9.95.